The summed E-state index contributed by atoms with van der Waals surface area (Å²) in [5, 5.41) is 12.4. The fourth-order valence-electron chi connectivity index (χ4n) is 3.70. The van der Waals surface area contributed by atoms with Gasteiger partial charge in [0, 0.05) is 5.70 Å². The molecular weight excluding hydrogens is 320 g/mol. The van der Waals surface area contributed by atoms with E-state index in [4.69, 9.17) is 9.47 Å². The predicted octanol–water partition coefficient (Wildman–Crippen LogP) is 0.442. The van der Waals surface area contributed by atoms with Crippen molar-refractivity contribution in [2.24, 2.45) is 5.41 Å². The number of methoxy groups -OCH3 is 2. The van der Waals surface area contributed by atoms with Crippen molar-refractivity contribution in [1.29, 1.82) is 0 Å². The van der Waals surface area contributed by atoms with E-state index in [1.165, 1.54) is 21.1 Å². The molecule has 0 spiro atoms. The van der Waals surface area contributed by atoms with E-state index in [1.807, 2.05) is 0 Å². The van der Waals surface area contributed by atoms with Crippen molar-refractivity contribution in [2.75, 3.05) is 20.8 Å². The van der Waals surface area contributed by atoms with Crippen LogP contribution in [0.1, 0.15) is 33.1 Å². The van der Waals surface area contributed by atoms with Crippen molar-refractivity contribution in [1.82, 2.24) is 10.4 Å². The molecule has 0 aromatic carbocycles. The molecule has 2 atom stereocenters. The van der Waals surface area contributed by atoms with Crippen molar-refractivity contribution < 1.29 is 33.7 Å². The molecule has 24 heavy (non-hydrogen) atoms. The Bertz CT molecular complexity index is 603. The third kappa shape index (κ3) is 2.22. The van der Waals surface area contributed by atoms with Crippen LogP contribution in [-0.4, -0.2) is 54.7 Å². The molecule has 1 aliphatic heterocycles. The van der Waals surface area contributed by atoms with E-state index in [9.17, 15) is 19.5 Å². The first-order valence-electron chi connectivity index (χ1n) is 7.64. The Kier molecular flexibility index (Phi) is 4.75. The highest BCUT2D eigenvalue weighted by molar-refractivity contribution is 6.01. The zero-order chi connectivity index (χ0) is 18.1. The van der Waals surface area contributed by atoms with Gasteiger partial charge in [0.25, 0.3) is 0 Å². The SMILES string of the molecule is CCOC(=O)[C@@]12CCC[C@@]1(O)N(NC(=O)OC)C(C)=C2C(=O)OC. The molecule has 0 aromatic heterocycles. The largest absolute Gasteiger partial charge is 0.466 e. The lowest BCUT2D eigenvalue weighted by Crippen LogP contribution is -2.61. The van der Waals surface area contributed by atoms with Gasteiger partial charge in [-0.1, -0.05) is 0 Å². The molecule has 0 aromatic rings. The summed E-state index contributed by atoms with van der Waals surface area (Å²) in [6.45, 7) is 3.24. The summed E-state index contributed by atoms with van der Waals surface area (Å²) in [7, 11) is 2.36. The van der Waals surface area contributed by atoms with Crippen LogP contribution in [0.25, 0.3) is 0 Å². The van der Waals surface area contributed by atoms with Crippen molar-refractivity contribution >= 4 is 18.0 Å². The highest BCUT2D eigenvalue weighted by Crippen LogP contribution is 2.59. The molecular formula is C15H22N2O7. The fourth-order valence-corrected chi connectivity index (χ4v) is 3.70. The average molecular weight is 342 g/mol. The number of fused-ring (bicyclic) bond motifs is 1. The first-order chi connectivity index (χ1) is 11.3. The molecule has 1 saturated carbocycles. The number of hydrogen-bond donors (Lipinski definition) is 2. The second-order valence-electron chi connectivity index (χ2n) is 5.69. The molecule has 2 N–H and O–H groups in total. The number of aliphatic hydroxyl groups is 1. The minimum absolute atomic E-state index is 0.0140. The van der Waals surface area contributed by atoms with Gasteiger partial charge < -0.3 is 19.3 Å². The van der Waals surface area contributed by atoms with Crippen molar-refractivity contribution in [3.63, 3.8) is 0 Å². The van der Waals surface area contributed by atoms with Gasteiger partial charge in [0.05, 0.1) is 26.4 Å². The number of ether oxygens (including phenoxy) is 3. The molecule has 1 amide bonds. The lowest BCUT2D eigenvalue weighted by atomic mass is 9.75. The van der Waals surface area contributed by atoms with Crippen LogP contribution in [0.3, 0.4) is 0 Å². The van der Waals surface area contributed by atoms with E-state index >= 15 is 0 Å². The number of carbonyl (C=O) groups excluding carboxylic acids is 3. The number of rotatable bonds is 4. The molecule has 2 rings (SSSR count). The summed E-state index contributed by atoms with van der Waals surface area (Å²) in [5.74, 6) is -1.48. The van der Waals surface area contributed by atoms with Gasteiger partial charge in [-0.3, -0.25) is 9.80 Å². The van der Waals surface area contributed by atoms with Gasteiger partial charge in [0.15, 0.2) is 11.1 Å². The number of esters is 2. The minimum Gasteiger partial charge on any atom is -0.466 e. The molecule has 0 bridgehead atoms. The highest BCUT2D eigenvalue weighted by atomic mass is 16.6. The van der Waals surface area contributed by atoms with Crippen LogP contribution in [0, 0.1) is 5.41 Å². The maximum atomic E-state index is 12.7. The third-order valence-corrected chi connectivity index (χ3v) is 4.66. The van der Waals surface area contributed by atoms with Crippen LogP contribution in [0.15, 0.2) is 11.3 Å². The smallest absolute Gasteiger partial charge is 0.425 e. The minimum atomic E-state index is -1.83. The van der Waals surface area contributed by atoms with Gasteiger partial charge in [-0.2, -0.15) is 0 Å². The summed E-state index contributed by atoms with van der Waals surface area (Å²) in [6, 6.07) is 0. The molecule has 134 valence electrons. The normalized spacial score (nSPS) is 28.5. The second kappa shape index (κ2) is 6.31. The first kappa shape index (κ1) is 18.1. The molecule has 0 radical (unpaired) electrons. The number of allylic oxidation sites excluding steroid dienone is 1. The molecule has 2 aliphatic rings. The van der Waals surface area contributed by atoms with Crippen LogP contribution in [0.2, 0.25) is 0 Å². The van der Waals surface area contributed by atoms with Gasteiger partial charge in [0.2, 0.25) is 0 Å². The molecule has 1 fully saturated rings. The summed E-state index contributed by atoms with van der Waals surface area (Å²) in [4.78, 5) is 36.7. The zero-order valence-corrected chi connectivity index (χ0v) is 14.2. The number of nitrogens with one attached hydrogen (secondary N) is 1. The Morgan fingerprint density at radius 3 is 2.46 bits per heavy atom. The zero-order valence-electron chi connectivity index (χ0n) is 14.2. The number of hydrazine groups is 1. The highest BCUT2D eigenvalue weighted by Gasteiger charge is 2.71. The molecule has 9 nitrogen and oxygen atoms in total. The van der Waals surface area contributed by atoms with E-state index in [0.29, 0.717) is 6.42 Å². The van der Waals surface area contributed by atoms with Crippen molar-refractivity contribution in [3.05, 3.63) is 11.3 Å². The van der Waals surface area contributed by atoms with E-state index in [0.717, 1.165) is 5.01 Å². The molecule has 1 aliphatic carbocycles. The maximum Gasteiger partial charge on any atom is 0.425 e. The van der Waals surface area contributed by atoms with Crippen LogP contribution in [-0.2, 0) is 23.8 Å². The van der Waals surface area contributed by atoms with Crippen molar-refractivity contribution in [3.8, 4) is 0 Å². The van der Waals surface area contributed by atoms with E-state index in [2.05, 4.69) is 10.2 Å². The van der Waals surface area contributed by atoms with Gasteiger partial charge in [-0.05, 0) is 33.1 Å². The third-order valence-electron chi connectivity index (χ3n) is 4.66. The summed E-state index contributed by atoms with van der Waals surface area (Å²) >= 11 is 0. The van der Waals surface area contributed by atoms with Crippen LogP contribution < -0.4 is 5.43 Å². The number of hydrogen-bond acceptors (Lipinski definition) is 8. The van der Waals surface area contributed by atoms with Crippen molar-refractivity contribution in [2.45, 2.75) is 38.8 Å². The van der Waals surface area contributed by atoms with Gasteiger partial charge >= 0.3 is 18.0 Å². The van der Waals surface area contributed by atoms with Gasteiger partial charge in [-0.25, -0.2) is 15.0 Å². The number of nitrogens with zero attached hydrogens (tertiary/aromatic N) is 1. The molecule has 1 heterocycles. The molecule has 0 unspecified atom stereocenters. The van der Waals surface area contributed by atoms with Crippen LogP contribution >= 0.6 is 0 Å². The number of carbonyl (C=O) groups is 3. The maximum absolute atomic E-state index is 12.7. The monoisotopic (exact) mass is 342 g/mol. The Labute approximate surface area is 139 Å². The van der Waals surface area contributed by atoms with Gasteiger partial charge in [-0.15, -0.1) is 0 Å². The standard InChI is InChI=1S/C15H22N2O7/c1-5-24-12(19)14-7-6-8-15(14,21)17(16-13(20)23-4)9(2)10(14)11(18)22-3/h21H,5-8H2,1-4H3,(H,16,20)/t14-,15-/m0/s1. The van der Waals surface area contributed by atoms with Crippen LogP contribution in [0.5, 0.6) is 0 Å². The van der Waals surface area contributed by atoms with Gasteiger partial charge in [0.1, 0.15) is 0 Å². The van der Waals surface area contributed by atoms with Crippen LogP contribution in [0.4, 0.5) is 4.79 Å². The van der Waals surface area contributed by atoms with E-state index in [-0.39, 0.29) is 30.7 Å². The Hall–Kier alpha value is -2.29. The Morgan fingerprint density at radius 1 is 1.25 bits per heavy atom. The lowest BCUT2D eigenvalue weighted by molar-refractivity contribution is -0.188. The Balaban J connectivity index is 2.63. The quantitative estimate of drug-likeness (QED) is 0.559. The predicted molar refractivity (Wildman–Crippen MR) is 80.0 cm³/mol. The summed E-state index contributed by atoms with van der Waals surface area (Å²) < 4.78 is 14.5. The number of amides is 1. The van der Waals surface area contributed by atoms with E-state index < -0.39 is 29.2 Å². The van der Waals surface area contributed by atoms with E-state index in [1.54, 1.807) is 6.92 Å². The second-order valence-corrected chi connectivity index (χ2v) is 5.69. The first-order valence-corrected chi connectivity index (χ1v) is 7.64. The summed E-state index contributed by atoms with van der Waals surface area (Å²) in [5.41, 5.74) is -0.890. The lowest BCUT2D eigenvalue weighted by Gasteiger charge is -2.40. The molecule has 0 saturated heterocycles. The fraction of sp³-hybridized carbons (Fsp3) is 0.667. The Morgan fingerprint density at radius 2 is 1.92 bits per heavy atom. The molecule has 9 heteroatoms. The average Bonchev–Trinajstić information content (AvgIpc) is 2.98. The summed E-state index contributed by atoms with van der Waals surface area (Å²) in [6.07, 6.45) is -0.0157. The topological polar surface area (TPSA) is 114 Å².